The van der Waals surface area contributed by atoms with Gasteiger partial charge < -0.3 is 18.9 Å². The number of rotatable bonds is 7. The fourth-order valence-corrected chi connectivity index (χ4v) is 0.883. The lowest BCUT2D eigenvalue weighted by molar-refractivity contribution is -0.143. The number of carbonyl (C=O) groups is 1. The van der Waals surface area contributed by atoms with Crippen molar-refractivity contribution in [1.29, 1.82) is 0 Å². The van der Waals surface area contributed by atoms with Crippen molar-refractivity contribution in [1.82, 2.24) is 0 Å². The van der Waals surface area contributed by atoms with Gasteiger partial charge in [0.2, 0.25) is 0 Å². The molecule has 1 unspecified atom stereocenters. The van der Waals surface area contributed by atoms with Gasteiger partial charge in [-0.25, -0.2) is 4.79 Å². The molecule has 0 aromatic rings. The summed E-state index contributed by atoms with van der Waals surface area (Å²) in [5.74, 6) is -0.301. The Morgan fingerprint density at radius 2 is 1.75 bits per heavy atom. The van der Waals surface area contributed by atoms with E-state index in [9.17, 15) is 4.79 Å². The lowest BCUT2D eigenvalue weighted by Crippen LogP contribution is -2.16. The van der Waals surface area contributed by atoms with Gasteiger partial charge in [0.1, 0.15) is 5.57 Å². The van der Waals surface area contributed by atoms with Crippen molar-refractivity contribution < 1.29 is 23.7 Å². The standard InChI is InChI=1S/C11H20O5/c1-6-14-10(12)8(3)11(15-7-2)16-9(4)13-5/h9H,6-7H2,1-5H3/b11-8-. The Kier molecular flexibility index (Phi) is 7.37. The SMILES string of the molecule is CCOC(=O)/C(C)=C(/OCC)OC(C)OC. The van der Waals surface area contributed by atoms with Crippen LogP contribution in [0.2, 0.25) is 0 Å². The van der Waals surface area contributed by atoms with Gasteiger partial charge in [0.05, 0.1) is 13.2 Å². The van der Waals surface area contributed by atoms with E-state index in [0.29, 0.717) is 18.8 Å². The summed E-state index contributed by atoms with van der Waals surface area (Å²) < 4.78 is 20.3. The molecule has 0 bridgehead atoms. The van der Waals surface area contributed by atoms with Gasteiger partial charge in [0, 0.05) is 7.11 Å². The van der Waals surface area contributed by atoms with Gasteiger partial charge in [-0.05, 0) is 27.7 Å². The summed E-state index contributed by atoms with van der Waals surface area (Å²) in [6, 6.07) is 0. The number of carbonyl (C=O) groups excluding carboxylic acids is 1. The first-order valence-corrected chi connectivity index (χ1v) is 5.27. The van der Waals surface area contributed by atoms with Crippen LogP contribution >= 0.6 is 0 Å². The van der Waals surface area contributed by atoms with Crippen molar-refractivity contribution in [3.05, 3.63) is 11.5 Å². The van der Waals surface area contributed by atoms with Crippen molar-refractivity contribution in [3.63, 3.8) is 0 Å². The van der Waals surface area contributed by atoms with Crippen LogP contribution in [0.25, 0.3) is 0 Å². The van der Waals surface area contributed by atoms with Crippen LogP contribution in [0.1, 0.15) is 27.7 Å². The third-order valence-electron chi connectivity index (χ3n) is 1.77. The average molecular weight is 232 g/mol. The fraction of sp³-hybridized carbons (Fsp3) is 0.727. The largest absolute Gasteiger partial charge is 0.465 e. The maximum Gasteiger partial charge on any atom is 0.340 e. The van der Waals surface area contributed by atoms with Crippen molar-refractivity contribution >= 4 is 5.97 Å². The van der Waals surface area contributed by atoms with Gasteiger partial charge >= 0.3 is 5.97 Å². The Balaban J connectivity index is 4.69. The lowest BCUT2D eigenvalue weighted by Gasteiger charge is -2.17. The summed E-state index contributed by atoms with van der Waals surface area (Å²) in [5.41, 5.74) is 0.299. The number of hydrogen-bond donors (Lipinski definition) is 0. The first-order valence-electron chi connectivity index (χ1n) is 5.27. The minimum absolute atomic E-state index is 0.148. The van der Waals surface area contributed by atoms with E-state index in [1.165, 1.54) is 7.11 Å². The molecular weight excluding hydrogens is 212 g/mol. The van der Waals surface area contributed by atoms with Crippen LogP contribution in [0, 0.1) is 0 Å². The highest BCUT2D eigenvalue weighted by atomic mass is 16.7. The van der Waals surface area contributed by atoms with Crippen LogP contribution < -0.4 is 0 Å². The van der Waals surface area contributed by atoms with Gasteiger partial charge in [-0.3, -0.25) is 0 Å². The monoisotopic (exact) mass is 232 g/mol. The molecule has 5 nitrogen and oxygen atoms in total. The van der Waals surface area contributed by atoms with Crippen molar-refractivity contribution in [2.45, 2.75) is 34.0 Å². The summed E-state index contributed by atoms with van der Waals surface area (Å²) in [6.07, 6.45) is -0.481. The third-order valence-corrected chi connectivity index (χ3v) is 1.77. The smallest absolute Gasteiger partial charge is 0.340 e. The van der Waals surface area contributed by atoms with E-state index in [2.05, 4.69) is 0 Å². The number of ether oxygens (including phenoxy) is 4. The van der Waals surface area contributed by atoms with E-state index in [1.54, 1.807) is 27.7 Å². The van der Waals surface area contributed by atoms with Gasteiger partial charge in [0.25, 0.3) is 5.95 Å². The molecule has 1 atom stereocenters. The van der Waals surface area contributed by atoms with Gasteiger partial charge in [-0.2, -0.15) is 0 Å². The Morgan fingerprint density at radius 1 is 1.19 bits per heavy atom. The van der Waals surface area contributed by atoms with Crippen LogP contribution in [0.5, 0.6) is 0 Å². The average Bonchev–Trinajstić information content (AvgIpc) is 2.27. The van der Waals surface area contributed by atoms with E-state index in [0.717, 1.165) is 0 Å². The molecule has 0 saturated heterocycles. The zero-order chi connectivity index (χ0) is 12.6. The molecule has 5 heteroatoms. The second kappa shape index (κ2) is 7.98. The molecule has 0 N–H and O–H groups in total. The zero-order valence-corrected chi connectivity index (χ0v) is 10.5. The first kappa shape index (κ1) is 14.8. The van der Waals surface area contributed by atoms with Crippen LogP contribution in [-0.4, -0.2) is 32.6 Å². The molecule has 16 heavy (non-hydrogen) atoms. The highest BCUT2D eigenvalue weighted by Gasteiger charge is 2.16. The lowest BCUT2D eigenvalue weighted by atomic mass is 10.3. The second-order valence-corrected chi connectivity index (χ2v) is 2.99. The summed E-state index contributed by atoms with van der Waals surface area (Å²) in [7, 11) is 1.51. The number of methoxy groups -OCH3 is 1. The van der Waals surface area contributed by atoms with Crippen LogP contribution in [-0.2, 0) is 23.7 Å². The van der Waals surface area contributed by atoms with Crippen LogP contribution in [0.3, 0.4) is 0 Å². The van der Waals surface area contributed by atoms with E-state index in [-0.39, 0.29) is 5.95 Å². The second-order valence-electron chi connectivity index (χ2n) is 2.99. The molecule has 0 fully saturated rings. The molecule has 0 aliphatic carbocycles. The number of esters is 1. The fourth-order valence-electron chi connectivity index (χ4n) is 0.883. The predicted octanol–water partition coefficient (Wildman–Crippen LogP) is 1.83. The van der Waals surface area contributed by atoms with Gasteiger partial charge in [0.15, 0.2) is 6.29 Å². The highest BCUT2D eigenvalue weighted by molar-refractivity contribution is 5.87. The van der Waals surface area contributed by atoms with E-state index in [4.69, 9.17) is 18.9 Å². The van der Waals surface area contributed by atoms with Crippen LogP contribution in [0.15, 0.2) is 11.5 Å². The molecule has 0 heterocycles. The quantitative estimate of drug-likeness (QED) is 0.290. The van der Waals surface area contributed by atoms with Crippen molar-refractivity contribution in [2.24, 2.45) is 0 Å². The molecule has 0 aromatic carbocycles. The van der Waals surface area contributed by atoms with Crippen molar-refractivity contribution in [3.8, 4) is 0 Å². The van der Waals surface area contributed by atoms with E-state index >= 15 is 0 Å². The van der Waals surface area contributed by atoms with Crippen LogP contribution in [0.4, 0.5) is 0 Å². The Bertz CT molecular complexity index is 247. The molecule has 0 saturated carbocycles. The Hall–Kier alpha value is -1.23. The normalized spacial score (nSPS) is 13.8. The molecule has 0 rings (SSSR count). The maximum absolute atomic E-state index is 11.4. The molecule has 0 aliphatic heterocycles. The minimum atomic E-state index is -0.481. The molecule has 0 spiro atoms. The Labute approximate surface area is 96.3 Å². The molecular formula is C11H20O5. The first-order chi connectivity index (χ1) is 7.56. The molecule has 0 aromatic heterocycles. The van der Waals surface area contributed by atoms with Gasteiger partial charge in [-0.15, -0.1) is 0 Å². The highest BCUT2D eigenvalue weighted by Crippen LogP contribution is 2.12. The number of hydrogen-bond acceptors (Lipinski definition) is 5. The molecule has 0 amide bonds. The van der Waals surface area contributed by atoms with E-state index in [1.807, 2.05) is 0 Å². The zero-order valence-electron chi connectivity index (χ0n) is 10.5. The summed E-state index contributed by atoms with van der Waals surface area (Å²) in [6.45, 7) is 7.56. The maximum atomic E-state index is 11.4. The predicted molar refractivity (Wildman–Crippen MR) is 58.5 cm³/mol. The minimum Gasteiger partial charge on any atom is -0.465 e. The molecule has 94 valence electrons. The third kappa shape index (κ3) is 5.02. The molecule has 0 radical (unpaired) electrons. The van der Waals surface area contributed by atoms with Crippen molar-refractivity contribution in [2.75, 3.05) is 20.3 Å². The van der Waals surface area contributed by atoms with E-state index < -0.39 is 12.3 Å². The Morgan fingerprint density at radius 3 is 2.19 bits per heavy atom. The van der Waals surface area contributed by atoms with Gasteiger partial charge in [-0.1, -0.05) is 0 Å². The molecule has 0 aliphatic rings. The summed E-state index contributed by atoms with van der Waals surface area (Å²) in [5, 5.41) is 0. The summed E-state index contributed by atoms with van der Waals surface area (Å²) in [4.78, 5) is 11.4. The summed E-state index contributed by atoms with van der Waals surface area (Å²) >= 11 is 0. The topological polar surface area (TPSA) is 54.0 Å².